The number of aliphatic carboxylic acids is 1. The van der Waals surface area contributed by atoms with Gasteiger partial charge in [-0.25, -0.2) is 9.59 Å². The summed E-state index contributed by atoms with van der Waals surface area (Å²) in [4.78, 5) is 24.8. The molecule has 0 heterocycles. The van der Waals surface area contributed by atoms with Gasteiger partial charge in [0.2, 0.25) is 0 Å². The van der Waals surface area contributed by atoms with Crippen LogP contribution in [0.2, 0.25) is 0 Å². The maximum absolute atomic E-state index is 12.4. The molecule has 1 aromatic rings. The van der Waals surface area contributed by atoms with Crippen molar-refractivity contribution in [2.24, 2.45) is 0 Å². The molecule has 7 nitrogen and oxygen atoms in total. The second-order valence-electron chi connectivity index (χ2n) is 8.63. The van der Waals surface area contributed by atoms with Crippen molar-refractivity contribution in [1.82, 2.24) is 4.90 Å². The molecule has 0 aliphatic carbocycles. The number of amides is 1. The molecule has 0 saturated heterocycles. The molecule has 0 spiro atoms. The molecule has 1 N–H and O–H groups in total. The molecule has 200 valence electrons. The molecule has 1 aromatic carbocycles. The summed E-state index contributed by atoms with van der Waals surface area (Å²) in [6.07, 6.45) is -1.30. The highest BCUT2D eigenvalue weighted by atomic mass is 19.4. The van der Waals surface area contributed by atoms with Crippen molar-refractivity contribution < 1.29 is 42.1 Å². The molecule has 1 unspecified atom stereocenters. The Morgan fingerprint density at radius 3 is 2.20 bits per heavy atom. The normalized spacial score (nSPS) is 12.4. The first-order valence-electron chi connectivity index (χ1n) is 12.1. The number of hydrogen-bond donors (Lipinski definition) is 1. The van der Waals surface area contributed by atoms with Crippen molar-refractivity contribution >= 4 is 12.1 Å². The summed E-state index contributed by atoms with van der Waals surface area (Å²) < 4.78 is 52.7. The van der Waals surface area contributed by atoms with Crippen LogP contribution in [0, 0.1) is 0 Å². The van der Waals surface area contributed by atoms with Gasteiger partial charge in [-0.1, -0.05) is 44.7 Å². The zero-order valence-electron chi connectivity index (χ0n) is 20.8. The third-order valence-corrected chi connectivity index (χ3v) is 5.05. The Kier molecular flexibility index (Phi) is 14.2. The van der Waals surface area contributed by atoms with Crippen LogP contribution in [0.5, 0.6) is 5.75 Å². The number of carboxylic acid groups (broad SMARTS) is 1. The van der Waals surface area contributed by atoms with Crippen LogP contribution >= 0.6 is 0 Å². The van der Waals surface area contributed by atoms with Crippen molar-refractivity contribution in [2.75, 3.05) is 26.3 Å². The van der Waals surface area contributed by atoms with E-state index in [1.807, 2.05) is 0 Å². The minimum absolute atomic E-state index is 0.208. The minimum atomic E-state index is -4.57. The van der Waals surface area contributed by atoms with Crippen LogP contribution in [0.25, 0.3) is 0 Å². The van der Waals surface area contributed by atoms with E-state index in [2.05, 4.69) is 11.7 Å². The van der Waals surface area contributed by atoms with Crippen molar-refractivity contribution in [3.8, 4) is 5.75 Å². The van der Waals surface area contributed by atoms with E-state index in [4.69, 9.17) is 9.47 Å². The van der Waals surface area contributed by atoms with E-state index < -0.39 is 30.9 Å². The lowest BCUT2D eigenvalue weighted by Crippen LogP contribution is -2.36. The second-order valence-corrected chi connectivity index (χ2v) is 8.63. The van der Waals surface area contributed by atoms with E-state index in [1.54, 1.807) is 38.1 Å². The zero-order chi connectivity index (χ0) is 26.3. The van der Waals surface area contributed by atoms with E-state index in [-0.39, 0.29) is 25.7 Å². The third kappa shape index (κ3) is 14.5. The minimum Gasteiger partial charge on any atom is -0.494 e. The lowest BCUT2D eigenvalue weighted by atomic mass is 10.1. The molecule has 0 fully saturated rings. The first kappa shape index (κ1) is 30.5. The summed E-state index contributed by atoms with van der Waals surface area (Å²) in [5.74, 6) is -0.459. The predicted octanol–water partition coefficient (Wildman–Crippen LogP) is 5.85. The average molecular weight is 506 g/mol. The fourth-order valence-electron chi connectivity index (χ4n) is 3.34. The number of alkyl halides is 3. The second kappa shape index (κ2) is 16.2. The largest absolute Gasteiger partial charge is 0.494 e. The SMILES string of the molecule is CCCCCCCN(CCCOc1ccc(CC(OC(C)C)C(=O)O)cc1)C(=O)OCC(F)(F)F. The van der Waals surface area contributed by atoms with Crippen LogP contribution in [0.4, 0.5) is 18.0 Å². The third-order valence-electron chi connectivity index (χ3n) is 5.05. The molecule has 0 aliphatic rings. The van der Waals surface area contributed by atoms with Crippen molar-refractivity contribution in [3.05, 3.63) is 29.8 Å². The van der Waals surface area contributed by atoms with Gasteiger partial charge in [0, 0.05) is 19.5 Å². The van der Waals surface area contributed by atoms with Crippen LogP contribution in [-0.4, -0.2) is 66.8 Å². The Bertz CT molecular complexity index is 740. The fourth-order valence-corrected chi connectivity index (χ4v) is 3.34. The Balaban J connectivity index is 2.52. The van der Waals surface area contributed by atoms with Gasteiger partial charge in [-0.05, 0) is 44.4 Å². The number of unbranched alkanes of at least 4 members (excludes halogenated alkanes) is 4. The first-order chi connectivity index (χ1) is 16.5. The Labute approximate surface area is 205 Å². The number of carboxylic acids is 1. The van der Waals surface area contributed by atoms with E-state index in [0.717, 1.165) is 31.2 Å². The van der Waals surface area contributed by atoms with Crippen LogP contribution in [0.3, 0.4) is 0 Å². The number of hydrogen-bond acceptors (Lipinski definition) is 5. The standard InChI is InChI=1S/C25H38F3NO6/c1-4-5-6-7-8-14-29(24(32)34-18-25(26,27)28)15-9-16-33-21-12-10-20(11-13-21)17-22(23(30)31)35-19(2)3/h10-13,19,22H,4-9,14-18H2,1-3H3,(H,30,31). The van der Waals surface area contributed by atoms with Crippen LogP contribution in [-0.2, 0) is 20.7 Å². The number of carbonyl (C=O) groups is 2. The highest BCUT2D eigenvalue weighted by molar-refractivity contribution is 5.72. The molecule has 1 rings (SSSR count). The van der Waals surface area contributed by atoms with E-state index in [9.17, 15) is 27.9 Å². The number of nitrogens with zero attached hydrogens (tertiary/aromatic N) is 1. The number of carbonyl (C=O) groups excluding carboxylic acids is 1. The Hall–Kier alpha value is -2.49. The van der Waals surface area contributed by atoms with Crippen molar-refractivity contribution in [3.63, 3.8) is 0 Å². The molecule has 0 radical (unpaired) electrons. The highest BCUT2D eigenvalue weighted by Crippen LogP contribution is 2.17. The summed E-state index contributed by atoms with van der Waals surface area (Å²) in [7, 11) is 0. The van der Waals surface area contributed by atoms with Crippen LogP contribution in [0.1, 0.15) is 64.9 Å². The molecular weight excluding hydrogens is 467 g/mol. The van der Waals surface area contributed by atoms with Gasteiger partial charge in [0.15, 0.2) is 12.7 Å². The molecule has 35 heavy (non-hydrogen) atoms. The molecule has 0 saturated carbocycles. The quantitative estimate of drug-likeness (QED) is 0.268. The fraction of sp³-hybridized carbons (Fsp3) is 0.680. The predicted molar refractivity (Wildman–Crippen MR) is 126 cm³/mol. The summed E-state index contributed by atoms with van der Waals surface area (Å²) in [6.45, 7) is 4.83. The molecular formula is C25H38F3NO6. The maximum Gasteiger partial charge on any atom is 0.422 e. The van der Waals surface area contributed by atoms with Gasteiger partial charge in [0.25, 0.3) is 0 Å². The topological polar surface area (TPSA) is 85.3 Å². The van der Waals surface area contributed by atoms with E-state index >= 15 is 0 Å². The maximum atomic E-state index is 12.4. The number of rotatable bonds is 17. The van der Waals surface area contributed by atoms with Gasteiger partial charge < -0.3 is 24.2 Å². The molecule has 1 amide bonds. The average Bonchev–Trinajstić information content (AvgIpc) is 2.78. The van der Waals surface area contributed by atoms with Gasteiger partial charge in [0.05, 0.1) is 12.7 Å². The summed E-state index contributed by atoms with van der Waals surface area (Å²) in [5.41, 5.74) is 0.784. The summed E-state index contributed by atoms with van der Waals surface area (Å²) in [6, 6.07) is 6.94. The van der Waals surface area contributed by atoms with Gasteiger partial charge in [-0.15, -0.1) is 0 Å². The Morgan fingerprint density at radius 2 is 1.63 bits per heavy atom. The smallest absolute Gasteiger partial charge is 0.422 e. The van der Waals surface area contributed by atoms with E-state index in [1.165, 1.54) is 4.90 Å². The van der Waals surface area contributed by atoms with Crippen molar-refractivity contribution in [1.29, 1.82) is 0 Å². The van der Waals surface area contributed by atoms with Gasteiger partial charge in [-0.3, -0.25) is 0 Å². The Morgan fingerprint density at radius 1 is 1.00 bits per heavy atom. The lowest BCUT2D eigenvalue weighted by molar-refractivity contribution is -0.162. The molecule has 0 aliphatic heterocycles. The summed E-state index contributed by atoms with van der Waals surface area (Å²) in [5, 5.41) is 9.29. The number of halogens is 3. The van der Waals surface area contributed by atoms with Gasteiger partial charge >= 0.3 is 18.2 Å². The number of ether oxygens (including phenoxy) is 3. The van der Waals surface area contributed by atoms with Crippen molar-refractivity contribution in [2.45, 2.75) is 84.1 Å². The molecule has 0 bridgehead atoms. The summed E-state index contributed by atoms with van der Waals surface area (Å²) >= 11 is 0. The molecule has 10 heteroatoms. The lowest BCUT2D eigenvalue weighted by Gasteiger charge is -2.22. The highest BCUT2D eigenvalue weighted by Gasteiger charge is 2.30. The molecule has 0 aromatic heterocycles. The zero-order valence-corrected chi connectivity index (χ0v) is 20.8. The van der Waals surface area contributed by atoms with Crippen LogP contribution < -0.4 is 4.74 Å². The van der Waals surface area contributed by atoms with Gasteiger partial charge in [0.1, 0.15) is 5.75 Å². The molecule has 1 atom stereocenters. The van der Waals surface area contributed by atoms with Gasteiger partial charge in [-0.2, -0.15) is 13.2 Å². The number of benzene rings is 1. The van der Waals surface area contributed by atoms with Crippen LogP contribution in [0.15, 0.2) is 24.3 Å². The first-order valence-corrected chi connectivity index (χ1v) is 12.1. The van der Waals surface area contributed by atoms with E-state index in [0.29, 0.717) is 25.1 Å². The monoisotopic (exact) mass is 505 g/mol.